The van der Waals surface area contributed by atoms with E-state index in [9.17, 15) is 4.79 Å². The van der Waals surface area contributed by atoms with Gasteiger partial charge in [0.2, 0.25) is 0 Å². The molecule has 6 heteroatoms. The molecule has 2 N–H and O–H groups in total. The molecule has 0 saturated heterocycles. The Hall–Kier alpha value is -3.28. The van der Waals surface area contributed by atoms with E-state index in [1.165, 1.54) is 29.1 Å². The number of hydrogen-bond acceptors (Lipinski definition) is 3. The van der Waals surface area contributed by atoms with Crippen molar-refractivity contribution in [2.75, 3.05) is 11.9 Å². The highest BCUT2D eigenvalue weighted by Gasteiger charge is 2.24. The molecule has 4 aromatic rings. The first-order valence-corrected chi connectivity index (χ1v) is 10.6. The van der Waals surface area contributed by atoms with Crippen LogP contribution in [0.15, 0.2) is 40.9 Å². The van der Waals surface area contributed by atoms with Gasteiger partial charge in [0.25, 0.3) is 0 Å². The maximum atomic E-state index is 12.0. The maximum Gasteiger partial charge on any atom is 0.319 e. The molecule has 1 aliphatic rings. The van der Waals surface area contributed by atoms with Crippen LogP contribution in [0.3, 0.4) is 0 Å². The molecule has 5 rings (SSSR count). The molecule has 0 aliphatic heterocycles. The number of aromatic nitrogens is 2. The normalized spacial score (nSPS) is 13.8. The summed E-state index contributed by atoms with van der Waals surface area (Å²) < 4.78 is 7.79. The van der Waals surface area contributed by atoms with Crippen molar-refractivity contribution in [2.24, 2.45) is 5.92 Å². The summed E-state index contributed by atoms with van der Waals surface area (Å²) in [6.45, 7) is 7.45. The monoisotopic (exact) mass is 402 g/mol. The van der Waals surface area contributed by atoms with Crippen LogP contribution in [0.4, 0.5) is 10.5 Å². The lowest BCUT2D eigenvalue weighted by Crippen LogP contribution is -2.28. The summed E-state index contributed by atoms with van der Waals surface area (Å²) >= 11 is 0. The summed E-state index contributed by atoms with van der Waals surface area (Å²) in [5.74, 6) is 1.58. The van der Waals surface area contributed by atoms with Crippen LogP contribution >= 0.6 is 0 Å². The third-order valence-electron chi connectivity index (χ3n) is 5.92. The maximum absolute atomic E-state index is 12.0. The summed E-state index contributed by atoms with van der Waals surface area (Å²) in [5, 5.41) is 12.3. The van der Waals surface area contributed by atoms with Gasteiger partial charge in [-0.15, -0.1) is 0 Å². The predicted octanol–water partition coefficient (Wildman–Crippen LogP) is 5.62. The largest absolute Gasteiger partial charge is 0.361 e. The van der Waals surface area contributed by atoms with Gasteiger partial charge in [0.1, 0.15) is 5.76 Å². The highest BCUT2D eigenvalue weighted by atomic mass is 16.5. The number of anilines is 1. The summed E-state index contributed by atoms with van der Waals surface area (Å²) in [5.41, 5.74) is 6.27. The molecule has 6 nitrogen and oxygen atoms in total. The molecule has 2 aromatic heterocycles. The van der Waals surface area contributed by atoms with Crippen molar-refractivity contribution in [2.45, 2.75) is 40.2 Å². The first-order valence-electron chi connectivity index (χ1n) is 10.6. The molecule has 2 aromatic carbocycles. The SMILES string of the molecule is CCNC(=O)Nc1ccc2c3cc(-c4c(C)noc4C)ccc3n(CC3CC3)c2c1. The third-order valence-corrected chi connectivity index (χ3v) is 5.92. The average Bonchev–Trinajstić information content (AvgIpc) is 3.42. The van der Waals surface area contributed by atoms with Crippen LogP contribution in [-0.4, -0.2) is 22.3 Å². The molecule has 0 radical (unpaired) electrons. The molecular formula is C24H26N4O2. The fourth-order valence-corrected chi connectivity index (χ4v) is 4.32. The van der Waals surface area contributed by atoms with Gasteiger partial charge >= 0.3 is 6.03 Å². The minimum Gasteiger partial charge on any atom is -0.361 e. The zero-order chi connectivity index (χ0) is 20.8. The van der Waals surface area contributed by atoms with Crippen molar-refractivity contribution in [3.05, 3.63) is 47.9 Å². The van der Waals surface area contributed by atoms with Crippen LogP contribution in [0, 0.1) is 19.8 Å². The Morgan fingerprint density at radius 3 is 2.67 bits per heavy atom. The van der Waals surface area contributed by atoms with E-state index < -0.39 is 0 Å². The second-order valence-corrected chi connectivity index (χ2v) is 8.20. The van der Waals surface area contributed by atoms with Crippen molar-refractivity contribution < 1.29 is 9.32 Å². The Bertz CT molecular complexity index is 1240. The van der Waals surface area contributed by atoms with Crippen molar-refractivity contribution in [1.29, 1.82) is 0 Å². The Morgan fingerprint density at radius 1 is 1.13 bits per heavy atom. The van der Waals surface area contributed by atoms with Crippen LogP contribution in [0.2, 0.25) is 0 Å². The number of carbonyl (C=O) groups excluding carboxylic acids is 1. The molecule has 1 fully saturated rings. The number of benzene rings is 2. The van der Waals surface area contributed by atoms with Crippen molar-refractivity contribution in [3.63, 3.8) is 0 Å². The molecule has 30 heavy (non-hydrogen) atoms. The van der Waals surface area contributed by atoms with Gasteiger partial charge in [-0.2, -0.15) is 0 Å². The van der Waals surface area contributed by atoms with Crippen LogP contribution in [0.1, 0.15) is 31.2 Å². The van der Waals surface area contributed by atoms with Gasteiger partial charge in [-0.1, -0.05) is 17.3 Å². The van der Waals surface area contributed by atoms with Crippen LogP contribution < -0.4 is 10.6 Å². The summed E-state index contributed by atoms with van der Waals surface area (Å²) in [6.07, 6.45) is 2.57. The minimum absolute atomic E-state index is 0.178. The number of urea groups is 1. The van der Waals surface area contributed by atoms with Crippen molar-refractivity contribution in [3.8, 4) is 11.1 Å². The second-order valence-electron chi connectivity index (χ2n) is 8.20. The predicted molar refractivity (Wildman–Crippen MR) is 120 cm³/mol. The van der Waals surface area contributed by atoms with Crippen molar-refractivity contribution in [1.82, 2.24) is 15.0 Å². The lowest BCUT2D eigenvalue weighted by molar-refractivity contribution is 0.252. The highest BCUT2D eigenvalue weighted by Crippen LogP contribution is 2.39. The van der Waals surface area contributed by atoms with E-state index in [0.717, 1.165) is 46.2 Å². The number of nitrogens with zero attached hydrogens (tertiary/aromatic N) is 2. The average molecular weight is 402 g/mol. The number of carbonyl (C=O) groups is 1. The number of amides is 2. The van der Waals surface area contributed by atoms with Gasteiger partial charge in [0.05, 0.1) is 11.2 Å². The lowest BCUT2D eigenvalue weighted by Gasteiger charge is -2.09. The Kier molecular flexibility index (Phi) is 4.50. The molecule has 154 valence electrons. The first-order chi connectivity index (χ1) is 14.5. The van der Waals surface area contributed by atoms with Crippen LogP contribution in [0.25, 0.3) is 32.9 Å². The Morgan fingerprint density at radius 2 is 1.97 bits per heavy atom. The highest BCUT2D eigenvalue weighted by molar-refractivity contribution is 6.10. The molecular weight excluding hydrogens is 376 g/mol. The van der Waals surface area contributed by atoms with E-state index >= 15 is 0 Å². The zero-order valence-corrected chi connectivity index (χ0v) is 17.6. The molecule has 0 unspecified atom stereocenters. The number of hydrogen-bond donors (Lipinski definition) is 2. The Balaban J connectivity index is 1.66. The van der Waals surface area contributed by atoms with Crippen molar-refractivity contribution >= 4 is 33.5 Å². The summed E-state index contributed by atoms with van der Waals surface area (Å²) in [6, 6.07) is 12.6. The molecule has 2 amide bonds. The first kappa shape index (κ1) is 18.7. The summed E-state index contributed by atoms with van der Waals surface area (Å²) in [4.78, 5) is 12.0. The molecule has 1 aliphatic carbocycles. The molecule has 2 heterocycles. The van der Waals surface area contributed by atoms with E-state index in [4.69, 9.17) is 4.52 Å². The van der Waals surface area contributed by atoms with Gasteiger partial charge in [-0.05, 0) is 69.4 Å². The molecule has 1 saturated carbocycles. The lowest BCUT2D eigenvalue weighted by atomic mass is 10.0. The quantitative estimate of drug-likeness (QED) is 0.455. The zero-order valence-electron chi connectivity index (χ0n) is 17.6. The van der Waals surface area contributed by atoms with Gasteiger partial charge in [0, 0.05) is 40.6 Å². The fraction of sp³-hybridized carbons (Fsp3) is 0.333. The number of nitrogens with one attached hydrogen (secondary N) is 2. The summed E-state index contributed by atoms with van der Waals surface area (Å²) in [7, 11) is 0. The Labute approximate surface area is 175 Å². The number of rotatable bonds is 5. The molecule has 0 bridgehead atoms. The van der Waals surface area contributed by atoms with E-state index in [0.29, 0.717) is 6.54 Å². The van der Waals surface area contributed by atoms with E-state index in [2.05, 4.69) is 50.7 Å². The second kappa shape index (κ2) is 7.20. The van der Waals surface area contributed by atoms with Gasteiger partial charge in [-0.3, -0.25) is 0 Å². The van der Waals surface area contributed by atoms with E-state index in [1.807, 2.05) is 26.8 Å². The van der Waals surface area contributed by atoms with Crippen LogP contribution in [0.5, 0.6) is 0 Å². The fourth-order valence-electron chi connectivity index (χ4n) is 4.32. The standard InChI is InChI=1S/C24H26N4O2/c1-4-25-24(29)26-18-8-9-19-20-11-17(23-14(2)27-30-15(23)3)7-10-21(20)28(22(19)12-18)13-16-5-6-16/h7-12,16H,4-6,13H2,1-3H3,(H2,25,26,29). The van der Waals surface area contributed by atoms with Gasteiger partial charge < -0.3 is 19.7 Å². The van der Waals surface area contributed by atoms with Crippen LogP contribution in [-0.2, 0) is 6.54 Å². The smallest absolute Gasteiger partial charge is 0.319 e. The van der Waals surface area contributed by atoms with Gasteiger partial charge in [0.15, 0.2) is 0 Å². The minimum atomic E-state index is -0.178. The number of aryl methyl sites for hydroxylation is 2. The molecule has 0 atom stereocenters. The van der Waals surface area contributed by atoms with E-state index in [-0.39, 0.29) is 6.03 Å². The van der Waals surface area contributed by atoms with Gasteiger partial charge in [-0.25, -0.2) is 4.79 Å². The molecule has 0 spiro atoms. The topological polar surface area (TPSA) is 72.1 Å². The van der Waals surface area contributed by atoms with E-state index in [1.54, 1.807) is 0 Å². The number of fused-ring (bicyclic) bond motifs is 3. The third kappa shape index (κ3) is 3.22.